The third-order valence-electron chi connectivity index (χ3n) is 2.61. The lowest BCUT2D eigenvalue weighted by molar-refractivity contribution is -0.0124. The molecule has 2 rings (SSSR count). The van der Waals surface area contributed by atoms with Crippen molar-refractivity contribution in [3.05, 3.63) is 29.0 Å². The van der Waals surface area contributed by atoms with Crippen LogP contribution in [0.2, 0.25) is 5.15 Å². The molecule has 0 radical (unpaired) electrons. The molecule has 1 amide bonds. The first kappa shape index (κ1) is 11.4. The second-order valence-electron chi connectivity index (χ2n) is 3.82. The highest BCUT2D eigenvalue weighted by Gasteiger charge is 2.17. The van der Waals surface area contributed by atoms with Crippen LogP contribution in [0.4, 0.5) is 0 Å². The molecule has 0 bridgehead atoms. The summed E-state index contributed by atoms with van der Waals surface area (Å²) < 4.78 is 0. The smallest absolute Gasteiger partial charge is 0.270 e. The van der Waals surface area contributed by atoms with Crippen molar-refractivity contribution in [1.29, 1.82) is 0 Å². The summed E-state index contributed by atoms with van der Waals surface area (Å²) in [7, 11) is 0. The van der Waals surface area contributed by atoms with Crippen molar-refractivity contribution in [2.75, 3.05) is 0 Å². The quantitative estimate of drug-likeness (QED) is 0.652. The Bertz CT molecular complexity index is 378. The van der Waals surface area contributed by atoms with Crippen LogP contribution in [0.25, 0.3) is 0 Å². The first-order valence-electron chi connectivity index (χ1n) is 5.33. The van der Waals surface area contributed by atoms with Crippen molar-refractivity contribution in [1.82, 2.24) is 10.5 Å². The number of amides is 1. The summed E-state index contributed by atoms with van der Waals surface area (Å²) >= 11 is 5.68. The van der Waals surface area contributed by atoms with Gasteiger partial charge in [0.1, 0.15) is 5.15 Å². The van der Waals surface area contributed by atoms with Gasteiger partial charge in [-0.25, -0.2) is 10.5 Å². The molecular weight excluding hydrogens is 228 g/mol. The molecule has 16 heavy (non-hydrogen) atoms. The minimum absolute atomic E-state index is 0.154. The van der Waals surface area contributed by atoms with Gasteiger partial charge >= 0.3 is 0 Å². The Morgan fingerprint density at radius 2 is 2.25 bits per heavy atom. The van der Waals surface area contributed by atoms with E-state index in [2.05, 4.69) is 10.5 Å². The van der Waals surface area contributed by atoms with Gasteiger partial charge in [-0.2, -0.15) is 0 Å². The largest absolute Gasteiger partial charge is 0.275 e. The fourth-order valence-corrected chi connectivity index (χ4v) is 1.92. The van der Waals surface area contributed by atoms with Gasteiger partial charge in [0.15, 0.2) is 0 Å². The molecule has 0 atom stereocenters. The third-order valence-corrected chi connectivity index (χ3v) is 2.82. The van der Waals surface area contributed by atoms with Gasteiger partial charge in [-0.1, -0.05) is 24.4 Å². The molecule has 1 fully saturated rings. The van der Waals surface area contributed by atoms with Gasteiger partial charge < -0.3 is 0 Å². The maximum Gasteiger partial charge on any atom is 0.275 e. The number of hydrogen-bond acceptors (Lipinski definition) is 3. The maximum atomic E-state index is 11.6. The summed E-state index contributed by atoms with van der Waals surface area (Å²) in [5.41, 5.74) is 2.90. The fraction of sp³-hybridized carbons (Fsp3) is 0.455. The molecule has 1 aliphatic rings. The molecule has 1 aromatic rings. The zero-order valence-corrected chi connectivity index (χ0v) is 9.54. The number of carbonyl (C=O) groups is 1. The molecule has 1 N–H and O–H groups in total. The van der Waals surface area contributed by atoms with E-state index in [4.69, 9.17) is 16.4 Å². The van der Waals surface area contributed by atoms with Gasteiger partial charge in [0, 0.05) is 11.8 Å². The van der Waals surface area contributed by atoms with Crippen molar-refractivity contribution in [2.24, 2.45) is 0 Å². The van der Waals surface area contributed by atoms with Gasteiger partial charge in [-0.15, -0.1) is 0 Å². The van der Waals surface area contributed by atoms with Crippen molar-refractivity contribution in [3.8, 4) is 0 Å². The summed E-state index contributed by atoms with van der Waals surface area (Å²) in [6.07, 6.45) is 6.01. The monoisotopic (exact) mass is 240 g/mol. The average molecular weight is 241 g/mol. The summed E-state index contributed by atoms with van der Waals surface area (Å²) in [6, 6.07) is 3.11. The molecule has 86 valence electrons. The minimum atomic E-state index is -0.281. The summed E-state index contributed by atoms with van der Waals surface area (Å²) in [5.74, 6) is -0.281. The lowest BCUT2D eigenvalue weighted by Gasteiger charge is -2.11. The van der Waals surface area contributed by atoms with Crippen LogP contribution in [0, 0.1) is 0 Å². The van der Waals surface area contributed by atoms with Gasteiger partial charge in [0.25, 0.3) is 5.91 Å². The van der Waals surface area contributed by atoms with E-state index in [9.17, 15) is 4.79 Å². The standard InChI is InChI=1S/C11H13ClN2O2/c12-10-7-8(5-6-13-10)11(15)14-16-9-3-1-2-4-9/h5-7,9H,1-4H2,(H,14,15). The number of hydroxylamine groups is 1. The highest BCUT2D eigenvalue weighted by atomic mass is 35.5. The Morgan fingerprint density at radius 3 is 2.94 bits per heavy atom. The number of halogens is 1. The van der Waals surface area contributed by atoms with Gasteiger partial charge in [0.05, 0.1) is 6.10 Å². The molecular formula is C11H13ClN2O2. The molecule has 1 aliphatic carbocycles. The van der Waals surface area contributed by atoms with Crippen LogP contribution in [-0.4, -0.2) is 17.0 Å². The van der Waals surface area contributed by atoms with Crippen LogP contribution in [0.15, 0.2) is 18.3 Å². The highest BCUT2D eigenvalue weighted by Crippen LogP contribution is 2.20. The second-order valence-corrected chi connectivity index (χ2v) is 4.21. The normalized spacial score (nSPS) is 16.3. The molecule has 0 unspecified atom stereocenters. The number of rotatable bonds is 3. The highest BCUT2D eigenvalue weighted by molar-refractivity contribution is 6.29. The van der Waals surface area contributed by atoms with Crippen molar-refractivity contribution in [2.45, 2.75) is 31.8 Å². The maximum absolute atomic E-state index is 11.6. The Hall–Kier alpha value is -1.13. The average Bonchev–Trinajstić information content (AvgIpc) is 2.78. The lowest BCUT2D eigenvalue weighted by atomic mass is 10.2. The number of pyridine rings is 1. The van der Waals surface area contributed by atoms with Crippen molar-refractivity contribution >= 4 is 17.5 Å². The minimum Gasteiger partial charge on any atom is -0.270 e. The number of carbonyl (C=O) groups excluding carboxylic acids is 1. The zero-order chi connectivity index (χ0) is 11.4. The van der Waals surface area contributed by atoms with E-state index in [-0.39, 0.29) is 12.0 Å². The Labute approximate surface area is 98.9 Å². The van der Waals surface area contributed by atoms with E-state index in [1.54, 1.807) is 6.07 Å². The van der Waals surface area contributed by atoms with Crippen LogP contribution in [-0.2, 0) is 4.84 Å². The predicted octanol–water partition coefficient (Wildman–Crippen LogP) is 2.34. The molecule has 1 heterocycles. The molecule has 1 aromatic heterocycles. The number of nitrogens with zero attached hydrogens (tertiary/aromatic N) is 1. The first-order valence-corrected chi connectivity index (χ1v) is 5.71. The van der Waals surface area contributed by atoms with E-state index < -0.39 is 0 Å². The van der Waals surface area contributed by atoms with Gasteiger partial charge in [0.2, 0.25) is 0 Å². The van der Waals surface area contributed by atoms with E-state index in [1.165, 1.54) is 25.1 Å². The predicted molar refractivity (Wildman–Crippen MR) is 60.1 cm³/mol. The SMILES string of the molecule is O=C(NOC1CCCC1)c1ccnc(Cl)c1. The van der Waals surface area contributed by atoms with Crippen LogP contribution in [0.3, 0.4) is 0 Å². The van der Waals surface area contributed by atoms with Crippen LogP contribution in [0.5, 0.6) is 0 Å². The third kappa shape index (κ3) is 2.93. The van der Waals surface area contributed by atoms with Gasteiger partial charge in [-0.3, -0.25) is 9.63 Å². The zero-order valence-electron chi connectivity index (χ0n) is 8.78. The molecule has 5 heteroatoms. The molecule has 0 saturated heterocycles. The van der Waals surface area contributed by atoms with E-state index in [0.29, 0.717) is 10.7 Å². The summed E-state index contributed by atoms with van der Waals surface area (Å²) in [4.78, 5) is 20.7. The molecule has 0 aliphatic heterocycles. The topological polar surface area (TPSA) is 51.2 Å². The van der Waals surface area contributed by atoms with E-state index >= 15 is 0 Å². The molecule has 4 nitrogen and oxygen atoms in total. The fourth-order valence-electron chi connectivity index (χ4n) is 1.75. The summed E-state index contributed by atoms with van der Waals surface area (Å²) in [6.45, 7) is 0. The van der Waals surface area contributed by atoms with Crippen LogP contribution >= 0.6 is 11.6 Å². The van der Waals surface area contributed by atoms with E-state index in [1.807, 2.05) is 0 Å². The molecule has 0 spiro atoms. The second kappa shape index (κ2) is 5.27. The molecule has 0 aromatic carbocycles. The number of nitrogens with one attached hydrogen (secondary N) is 1. The van der Waals surface area contributed by atoms with Gasteiger partial charge in [-0.05, 0) is 25.0 Å². The Morgan fingerprint density at radius 1 is 1.50 bits per heavy atom. The van der Waals surface area contributed by atoms with Crippen molar-refractivity contribution < 1.29 is 9.63 Å². The van der Waals surface area contributed by atoms with E-state index in [0.717, 1.165) is 12.8 Å². The summed E-state index contributed by atoms with van der Waals surface area (Å²) in [5, 5.41) is 0.300. The molecule has 1 saturated carbocycles. The first-order chi connectivity index (χ1) is 7.75. The van der Waals surface area contributed by atoms with Crippen LogP contribution < -0.4 is 5.48 Å². The van der Waals surface area contributed by atoms with Crippen LogP contribution in [0.1, 0.15) is 36.0 Å². The number of hydrogen-bond donors (Lipinski definition) is 1. The lowest BCUT2D eigenvalue weighted by Crippen LogP contribution is -2.28. The number of aromatic nitrogens is 1. The Balaban J connectivity index is 1.87. The Kier molecular flexibility index (Phi) is 3.74. The van der Waals surface area contributed by atoms with Crippen molar-refractivity contribution in [3.63, 3.8) is 0 Å².